The van der Waals surface area contributed by atoms with Gasteiger partial charge in [0.2, 0.25) is 0 Å². The summed E-state index contributed by atoms with van der Waals surface area (Å²) < 4.78 is 0.204. The zero-order valence-corrected chi connectivity index (χ0v) is 12.8. The zero-order valence-electron chi connectivity index (χ0n) is 12.0. The number of nitrogens with zero attached hydrogens (tertiary/aromatic N) is 2. The largest absolute Gasteiger partial charge is 0.373 e. The third kappa shape index (κ3) is 4.72. The lowest BCUT2D eigenvalue weighted by Gasteiger charge is -2.22. The molecule has 5 heteroatoms. The molecule has 0 saturated heterocycles. The van der Waals surface area contributed by atoms with E-state index in [0.717, 1.165) is 36.8 Å². The monoisotopic (exact) mass is 268 g/mol. The van der Waals surface area contributed by atoms with E-state index in [1.54, 1.807) is 0 Å². The maximum Gasteiger partial charge on any atom is 0.133 e. The fraction of sp³-hybridized carbons (Fsp3) is 0.692. The molecule has 1 heterocycles. The van der Waals surface area contributed by atoms with Crippen LogP contribution >= 0.6 is 11.8 Å². The molecule has 102 valence electrons. The van der Waals surface area contributed by atoms with Crippen LogP contribution in [0.15, 0.2) is 6.07 Å². The summed E-state index contributed by atoms with van der Waals surface area (Å²) in [5.41, 5.74) is 0. The smallest absolute Gasteiger partial charge is 0.133 e. The first-order chi connectivity index (χ1) is 8.50. The van der Waals surface area contributed by atoms with Crippen molar-refractivity contribution in [1.82, 2.24) is 9.97 Å². The molecule has 0 amide bonds. The summed E-state index contributed by atoms with van der Waals surface area (Å²) in [6.07, 6.45) is 4.10. The molecule has 0 aliphatic heterocycles. The Kier molecular flexibility index (Phi) is 5.72. The zero-order chi connectivity index (χ0) is 13.6. The van der Waals surface area contributed by atoms with Crippen molar-refractivity contribution in [3.05, 3.63) is 11.9 Å². The molecule has 4 nitrogen and oxygen atoms in total. The van der Waals surface area contributed by atoms with Gasteiger partial charge in [0.05, 0.1) is 0 Å². The van der Waals surface area contributed by atoms with Crippen LogP contribution in [-0.2, 0) is 6.42 Å². The van der Waals surface area contributed by atoms with Gasteiger partial charge in [0.25, 0.3) is 0 Å². The predicted molar refractivity (Wildman–Crippen MR) is 81.7 cm³/mol. The van der Waals surface area contributed by atoms with Crippen LogP contribution in [0, 0.1) is 0 Å². The van der Waals surface area contributed by atoms with Gasteiger partial charge < -0.3 is 10.6 Å². The average molecular weight is 268 g/mol. The Balaban J connectivity index is 2.78. The predicted octanol–water partition coefficient (Wildman–Crippen LogP) is 3.02. The van der Waals surface area contributed by atoms with Crippen LogP contribution in [0.5, 0.6) is 0 Å². The standard InChI is InChI=1S/C13H24N4S/c1-6-7-10-16-11(14-4)8-12(17-10)15-9-13(2,3)18-5/h8H,6-7,9H2,1-5H3,(H2,14,15,16,17). The van der Waals surface area contributed by atoms with Crippen molar-refractivity contribution in [2.45, 2.75) is 38.4 Å². The first kappa shape index (κ1) is 15.1. The second kappa shape index (κ2) is 6.83. The van der Waals surface area contributed by atoms with Gasteiger partial charge in [-0.2, -0.15) is 11.8 Å². The van der Waals surface area contributed by atoms with Gasteiger partial charge in [-0.1, -0.05) is 6.92 Å². The Hall–Kier alpha value is -0.970. The van der Waals surface area contributed by atoms with E-state index in [0.29, 0.717) is 0 Å². The second-order valence-corrected chi connectivity index (χ2v) is 6.39. The molecular weight excluding hydrogens is 244 g/mol. The van der Waals surface area contributed by atoms with Crippen molar-refractivity contribution in [3.63, 3.8) is 0 Å². The summed E-state index contributed by atoms with van der Waals surface area (Å²) in [6, 6.07) is 1.95. The topological polar surface area (TPSA) is 49.8 Å². The van der Waals surface area contributed by atoms with E-state index in [-0.39, 0.29) is 4.75 Å². The highest BCUT2D eigenvalue weighted by atomic mass is 32.2. The van der Waals surface area contributed by atoms with E-state index in [2.05, 4.69) is 47.6 Å². The van der Waals surface area contributed by atoms with Gasteiger partial charge in [-0.15, -0.1) is 0 Å². The first-order valence-electron chi connectivity index (χ1n) is 6.35. The van der Waals surface area contributed by atoms with Gasteiger partial charge in [0, 0.05) is 30.8 Å². The van der Waals surface area contributed by atoms with Crippen LogP contribution < -0.4 is 10.6 Å². The number of hydrogen-bond acceptors (Lipinski definition) is 5. The van der Waals surface area contributed by atoms with Crippen molar-refractivity contribution in [1.29, 1.82) is 0 Å². The quantitative estimate of drug-likeness (QED) is 0.796. The summed E-state index contributed by atoms with van der Waals surface area (Å²) in [5, 5.41) is 6.48. The number of nitrogens with one attached hydrogen (secondary N) is 2. The van der Waals surface area contributed by atoms with Crippen molar-refractivity contribution >= 4 is 23.4 Å². The fourth-order valence-corrected chi connectivity index (χ4v) is 1.64. The minimum atomic E-state index is 0.204. The molecule has 0 saturated carbocycles. The number of aromatic nitrogens is 2. The molecule has 1 aromatic heterocycles. The highest BCUT2D eigenvalue weighted by molar-refractivity contribution is 7.99. The van der Waals surface area contributed by atoms with E-state index in [1.165, 1.54) is 0 Å². The van der Waals surface area contributed by atoms with Gasteiger partial charge >= 0.3 is 0 Å². The molecule has 0 radical (unpaired) electrons. The van der Waals surface area contributed by atoms with Crippen molar-refractivity contribution < 1.29 is 0 Å². The summed E-state index contributed by atoms with van der Waals surface area (Å²) in [7, 11) is 1.88. The van der Waals surface area contributed by atoms with Gasteiger partial charge in [-0.3, -0.25) is 0 Å². The van der Waals surface area contributed by atoms with E-state index in [9.17, 15) is 0 Å². The van der Waals surface area contributed by atoms with E-state index < -0.39 is 0 Å². The normalized spacial score (nSPS) is 11.4. The summed E-state index contributed by atoms with van der Waals surface area (Å²) in [4.78, 5) is 8.98. The van der Waals surface area contributed by atoms with Crippen LogP contribution in [0.1, 0.15) is 33.0 Å². The first-order valence-corrected chi connectivity index (χ1v) is 7.58. The summed E-state index contributed by atoms with van der Waals surface area (Å²) in [6.45, 7) is 7.47. The van der Waals surface area contributed by atoms with Crippen molar-refractivity contribution in [3.8, 4) is 0 Å². The maximum atomic E-state index is 4.54. The lowest BCUT2D eigenvalue weighted by atomic mass is 10.2. The van der Waals surface area contributed by atoms with Crippen LogP contribution in [0.4, 0.5) is 11.6 Å². The molecule has 0 aliphatic rings. The molecule has 1 aromatic rings. The maximum absolute atomic E-state index is 4.54. The van der Waals surface area contributed by atoms with Gasteiger partial charge in [0.15, 0.2) is 0 Å². The molecule has 0 aliphatic carbocycles. The number of thioether (sulfide) groups is 1. The minimum Gasteiger partial charge on any atom is -0.373 e. The van der Waals surface area contributed by atoms with E-state index >= 15 is 0 Å². The third-order valence-corrected chi connectivity index (χ3v) is 4.00. The SMILES string of the molecule is CCCc1nc(NC)cc(NCC(C)(C)SC)n1. The minimum absolute atomic E-state index is 0.204. The number of hydrogen-bond donors (Lipinski definition) is 2. The highest BCUT2D eigenvalue weighted by Crippen LogP contribution is 2.22. The second-order valence-electron chi connectivity index (χ2n) is 4.87. The van der Waals surface area contributed by atoms with E-state index in [1.807, 2.05) is 24.9 Å². The van der Waals surface area contributed by atoms with Crippen LogP contribution in [-0.4, -0.2) is 34.6 Å². The Morgan fingerprint density at radius 3 is 2.50 bits per heavy atom. The lowest BCUT2D eigenvalue weighted by molar-refractivity contribution is 0.747. The summed E-state index contributed by atoms with van der Waals surface area (Å²) in [5.74, 6) is 2.67. The fourth-order valence-electron chi connectivity index (χ4n) is 1.43. The molecule has 0 bridgehead atoms. The van der Waals surface area contributed by atoms with Crippen LogP contribution in [0.3, 0.4) is 0 Å². The lowest BCUT2D eigenvalue weighted by Crippen LogP contribution is -2.26. The number of aryl methyl sites for hydroxylation is 1. The average Bonchev–Trinajstić information content (AvgIpc) is 2.37. The molecule has 1 rings (SSSR count). The highest BCUT2D eigenvalue weighted by Gasteiger charge is 2.16. The van der Waals surface area contributed by atoms with Gasteiger partial charge in [-0.25, -0.2) is 9.97 Å². The van der Waals surface area contributed by atoms with Crippen LogP contribution in [0.2, 0.25) is 0 Å². The van der Waals surface area contributed by atoms with E-state index in [4.69, 9.17) is 0 Å². The third-order valence-electron chi connectivity index (χ3n) is 2.75. The van der Waals surface area contributed by atoms with Gasteiger partial charge in [0.1, 0.15) is 17.5 Å². The van der Waals surface area contributed by atoms with Gasteiger partial charge in [-0.05, 0) is 26.5 Å². The Morgan fingerprint density at radius 1 is 1.28 bits per heavy atom. The Labute approximate surface area is 114 Å². The molecule has 18 heavy (non-hydrogen) atoms. The number of anilines is 2. The molecule has 0 unspecified atom stereocenters. The molecular formula is C13H24N4S. The molecule has 0 atom stereocenters. The molecule has 0 aromatic carbocycles. The molecule has 0 fully saturated rings. The summed E-state index contributed by atoms with van der Waals surface area (Å²) >= 11 is 1.85. The Morgan fingerprint density at radius 2 is 1.94 bits per heavy atom. The van der Waals surface area contributed by atoms with Crippen molar-refractivity contribution in [2.75, 3.05) is 30.5 Å². The van der Waals surface area contributed by atoms with Crippen LogP contribution in [0.25, 0.3) is 0 Å². The molecule has 0 spiro atoms. The van der Waals surface area contributed by atoms with Crippen molar-refractivity contribution in [2.24, 2.45) is 0 Å². The number of rotatable bonds is 7. The molecule has 2 N–H and O–H groups in total. The Bertz CT molecular complexity index is 379.